The van der Waals surface area contributed by atoms with E-state index in [1.165, 1.54) is 12.1 Å². The van der Waals surface area contributed by atoms with Crippen LogP contribution in [0.25, 0.3) is 0 Å². The fourth-order valence-electron chi connectivity index (χ4n) is 4.83. The van der Waals surface area contributed by atoms with Crippen LogP contribution >= 0.6 is 0 Å². The van der Waals surface area contributed by atoms with Gasteiger partial charge < -0.3 is 29.9 Å². The molecular weight excluding hydrogens is 549 g/mol. The zero-order valence-corrected chi connectivity index (χ0v) is 23.7. The van der Waals surface area contributed by atoms with Crippen molar-refractivity contribution in [3.63, 3.8) is 0 Å². The fraction of sp³-hybridized carbons (Fsp3) is 0.345. The minimum atomic E-state index is -4.01. The smallest absolute Gasteiger partial charge is 0.319 e. The molecule has 0 aliphatic carbocycles. The second-order valence-electron chi connectivity index (χ2n) is 9.85. The van der Waals surface area contributed by atoms with Crippen molar-refractivity contribution in [2.45, 2.75) is 31.2 Å². The lowest BCUT2D eigenvalue weighted by Gasteiger charge is -2.38. The highest BCUT2D eigenvalue weighted by Crippen LogP contribution is 2.33. The Hall–Kier alpha value is -4.03. The summed E-state index contributed by atoms with van der Waals surface area (Å²) in [4.78, 5) is 16.3. The van der Waals surface area contributed by atoms with E-state index >= 15 is 0 Å². The van der Waals surface area contributed by atoms with Gasteiger partial charge in [0, 0.05) is 45.0 Å². The summed E-state index contributed by atoms with van der Waals surface area (Å²) in [6.07, 6.45) is 1.78. The third kappa shape index (κ3) is 6.83. The quantitative estimate of drug-likeness (QED) is 0.306. The first-order valence-corrected chi connectivity index (χ1v) is 15.1. The monoisotopic (exact) mass is 583 g/mol. The molecule has 41 heavy (non-hydrogen) atoms. The maximum Gasteiger partial charge on any atom is 0.319 e. The molecule has 2 aliphatic heterocycles. The summed E-state index contributed by atoms with van der Waals surface area (Å²) in [7, 11) is -4.01. The van der Waals surface area contributed by atoms with Crippen LogP contribution in [-0.4, -0.2) is 54.0 Å². The molecule has 12 heteroatoms. The predicted octanol–water partition coefficient (Wildman–Crippen LogP) is 4.28. The molecule has 0 spiro atoms. The normalized spacial score (nSPS) is 14.7. The van der Waals surface area contributed by atoms with Gasteiger partial charge in [0.1, 0.15) is 10.7 Å². The van der Waals surface area contributed by atoms with Gasteiger partial charge in [0.05, 0.1) is 11.4 Å². The number of sulfonamides is 1. The van der Waals surface area contributed by atoms with Gasteiger partial charge >= 0.3 is 6.03 Å². The van der Waals surface area contributed by atoms with E-state index in [1.54, 1.807) is 48.5 Å². The predicted molar refractivity (Wildman–Crippen MR) is 156 cm³/mol. The van der Waals surface area contributed by atoms with E-state index in [-0.39, 0.29) is 24.1 Å². The minimum Gasteiger partial charge on any atom is -0.454 e. The Morgan fingerprint density at radius 2 is 1.66 bits per heavy atom. The Morgan fingerprint density at radius 3 is 2.41 bits per heavy atom. The van der Waals surface area contributed by atoms with Crippen molar-refractivity contribution in [3.05, 3.63) is 72.0 Å². The summed E-state index contributed by atoms with van der Waals surface area (Å²) in [6.45, 7) is 4.73. The van der Waals surface area contributed by atoms with E-state index < -0.39 is 16.1 Å². The van der Waals surface area contributed by atoms with Crippen molar-refractivity contribution in [1.29, 1.82) is 0 Å². The van der Waals surface area contributed by atoms with Crippen LogP contribution in [0.3, 0.4) is 0 Å². The number of carbonyl (C=O) groups is 1. The largest absolute Gasteiger partial charge is 0.454 e. The van der Waals surface area contributed by atoms with Gasteiger partial charge in [0.2, 0.25) is 16.8 Å². The molecular formula is C29H34FN5O5S. The van der Waals surface area contributed by atoms with Gasteiger partial charge in [-0.1, -0.05) is 31.5 Å². The Labute approximate surface area is 239 Å². The maximum absolute atomic E-state index is 14.4. The first kappa shape index (κ1) is 28.5. The maximum atomic E-state index is 14.4. The zero-order chi connectivity index (χ0) is 28.8. The Morgan fingerprint density at radius 1 is 0.927 bits per heavy atom. The number of benzene rings is 3. The number of rotatable bonds is 10. The molecule has 3 aromatic carbocycles. The summed E-state index contributed by atoms with van der Waals surface area (Å²) in [5.41, 5.74) is 2.10. The standard InChI is InChI=1S/C29H34FN5O5S/c1-2-3-12-31-29(36)33-22-9-10-25(35-15-13-34(14-16-35)24-7-5-4-6-23(24)30)28(18-22)41(37,38)32-19-21-8-11-26-27(17-21)40-20-39-26/h4-11,17-18,32H,2-3,12-16,19-20H2,1H3,(H2,31,33,36). The summed E-state index contributed by atoms with van der Waals surface area (Å²) in [5, 5.41) is 5.52. The molecule has 0 saturated carbocycles. The van der Waals surface area contributed by atoms with Crippen LogP contribution in [0.5, 0.6) is 11.5 Å². The number of unbranched alkanes of at least 4 members (excludes halogenated alkanes) is 1. The highest BCUT2D eigenvalue weighted by Gasteiger charge is 2.27. The van der Waals surface area contributed by atoms with Crippen LogP contribution in [0.15, 0.2) is 65.6 Å². The molecule has 218 valence electrons. The van der Waals surface area contributed by atoms with Gasteiger partial charge in [-0.15, -0.1) is 0 Å². The van der Waals surface area contributed by atoms with E-state index in [9.17, 15) is 17.6 Å². The van der Waals surface area contributed by atoms with Gasteiger partial charge in [-0.25, -0.2) is 22.3 Å². The number of nitrogens with one attached hydrogen (secondary N) is 3. The van der Waals surface area contributed by atoms with Crippen LogP contribution in [-0.2, 0) is 16.6 Å². The van der Waals surface area contributed by atoms with Crippen LogP contribution in [0, 0.1) is 5.82 Å². The van der Waals surface area contributed by atoms with Gasteiger partial charge in [-0.2, -0.15) is 0 Å². The lowest BCUT2D eigenvalue weighted by Crippen LogP contribution is -2.47. The van der Waals surface area contributed by atoms with Gasteiger partial charge in [0.15, 0.2) is 11.5 Å². The number of para-hydroxylation sites is 1. The summed E-state index contributed by atoms with van der Waals surface area (Å²) < 4.78 is 55.2. The number of anilines is 3. The molecule has 0 bridgehead atoms. The lowest BCUT2D eigenvalue weighted by molar-refractivity contribution is 0.174. The molecule has 0 atom stereocenters. The van der Waals surface area contributed by atoms with Gasteiger partial charge in [-0.3, -0.25) is 0 Å². The average molecular weight is 584 g/mol. The second kappa shape index (κ2) is 12.6. The highest BCUT2D eigenvalue weighted by atomic mass is 32.2. The third-order valence-electron chi connectivity index (χ3n) is 7.04. The van der Waals surface area contributed by atoms with Crippen molar-refractivity contribution in [2.75, 3.05) is 54.6 Å². The molecule has 3 N–H and O–H groups in total. The number of hydrogen-bond donors (Lipinski definition) is 3. The summed E-state index contributed by atoms with van der Waals surface area (Å²) >= 11 is 0. The average Bonchev–Trinajstić information content (AvgIpc) is 3.45. The van der Waals surface area contributed by atoms with E-state index in [4.69, 9.17) is 9.47 Å². The first-order valence-electron chi connectivity index (χ1n) is 13.7. The summed E-state index contributed by atoms with van der Waals surface area (Å²) in [6, 6.07) is 16.4. The number of amides is 2. The van der Waals surface area contributed by atoms with E-state index in [0.717, 1.165) is 12.8 Å². The first-order chi connectivity index (χ1) is 19.8. The highest BCUT2D eigenvalue weighted by molar-refractivity contribution is 7.89. The van der Waals surface area contributed by atoms with Crippen molar-refractivity contribution >= 4 is 33.1 Å². The lowest BCUT2D eigenvalue weighted by atomic mass is 10.2. The Kier molecular flexibility index (Phi) is 8.79. The number of hydrogen-bond acceptors (Lipinski definition) is 7. The molecule has 2 heterocycles. The Bertz CT molecular complexity index is 1490. The van der Waals surface area contributed by atoms with E-state index in [0.29, 0.717) is 66.8 Å². The molecule has 5 rings (SSSR count). The van der Waals surface area contributed by atoms with Gasteiger partial charge in [-0.05, 0) is 54.4 Å². The molecule has 0 unspecified atom stereocenters. The van der Waals surface area contributed by atoms with Crippen molar-refractivity contribution in [3.8, 4) is 11.5 Å². The minimum absolute atomic E-state index is 0.0363. The third-order valence-corrected chi connectivity index (χ3v) is 8.47. The fourth-order valence-corrected chi connectivity index (χ4v) is 6.09. The molecule has 1 fully saturated rings. The zero-order valence-electron chi connectivity index (χ0n) is 22.9. The van der Waals surface area contributed by atoms with Crippen LogP contribution in [0.1, 0.15) is 25.3 Å². The number of nitrogens with zero attached hydrogens (tertiary/aromatic N) is 2. The molecule has 0 radical (unpaired) electrons. The Balaban J connectivity index is 1.36. The van der Waals surface area contributed by atoms with Crippen molar-refractivity contribution in [2.24, 2.45) is 0 Å². The van der Waals surface area contributed by atoms with Crippen molar-refractivity contribution < 1.29 is 27.1 Å². The van der Waals surface area contributed by atoms with Crippen LogP contribution in [0.2, 0.25) is 0 Å². The molecule has 2 amide bonds. The van der Waals surface area contributed by atoms with Crippen LogP contribution < -0.4 is 34.6 Å². The molecule has 1 saturated heterocycles. The number of piperazine rings is 1. The molecule has 0 aromatic heterocycles. The van der Waals surface area contributed by atoms with E-state index in [2.05, 4.69) is 15.4 Å². The van der Waals surface area contributed by atoms with Gasteiger partial charge in [0.25, 0.3) is 0 Å². The molecule has 10 nitrogen and oxygen atoms in total. The number of carbonyl (C=O) groups excluding carboxylic acids is 1. The van der Waals surface area contributed by atoms with Crippen molar-refractivity contribution in [1.82, 2.24) is 10.0 Å². The number of urea groups is 1. The number of halogens is 1. The second-order valence-corrected chi connectivity index (χ2v) is 11.6. The topological polar surface area (TPSA) is 112 Å². The molecule has 2 aliphatic rings. The number of fused-ring (bicyclic) bond motifs is 1. The molecule has 3 aromatic rings. The summed E-state index contributed by atoms with van der Waals surface area (Å²) in [5.74, 6) is 0.893. The SMILES string of the molecule is CCCCNC(=O)Nc1ccc(N2CCN(c3ccccc3F)CC2)c(S(=O)(=O)NCc2ccc3c(c2)OCO3)c1. The number of ether oxygens (including phenoxy) is 2. The van der Waals surface area contributed by atoms with E-state index in [1.807, 2.05) is 16.7 Å². The van der Waals surface area contributed by atoms with Crippen LogP contribution in [0.4, 0.5) is 26.2 Å².